The summed E-state index contributed by atoms with van der Waals surface area (Å²) >= 11 is 0. The molecule has 1 aromatic carbocycles. The van der Waals surface area contributed by atoms with Gasteiger partial charge in [0.1, 0.15) is 0 Å². The van der Waals surface area contributed by atoms with E-state index in [9.17, 15) is 4.79 Å². The maximum atomic E-state index is 12.7. The number of hydrogen-bond donors (Lipinski definition) is 1. The number of likely N-dealkylation sites (N-methyl/N-ethyl adjacent to an activating group) is 1. The van der Waals surface area contributed by atoms with Gasteiger partial charge in [-0.3, -0.25) is 4.79 Å². The van der Waals surface area contributed by atoms with E-state index in [-0.39, 0.29) is 11.5 Å². The standard InChI is InChI=1S/C16H22N2O/c1-2-18-15(19)14(13-6-4-3-5-7-13)12-16(18)8-10-17-11-9-16/h3-7,14,17H,2,8-12H2,1H3/t14-/m0/s1. The van der Waals surface area contributed by atoms with E-state index in [2.05, 4.69) is 29.3 Å². The highest BCUT2D eigenvalue weighted by molar-refractivity contribution is 5.87. The Labute approximate surface area is 115 Å². The first kappa shape index (κ1) is 12.7. The molecule has 1 atom stereocenters. The van der Waals surface area contributed by atoms with Crippen molar-refractivity contribution in [1.29, 1.82) is 0 Å². The van der Waals surface area contributed by atoms with Crippen molar-refractivity contribution in [2.75, 3.05) is 19.6 Å². The number of likely N-dealkylation sites (tertiary alicyclic amines) is 1. The number of amides is 1. The molecular weight excluding hydrogens is 236 g/mol. The second kappa shape index (κ2) is 4.97. The van der Waals surface area contributed by atoms with Gasteiger partial charge in [-0.25, -0.2) is 0 Å². The lowest BCUT2D eigenvalue weighted by molar-refractivity contribution is -0.132. The van der Waals surface area contributed by atoms with Crippen molar-refractivity contribution in [2.45, 2.75) is 37.6 Å². The summed E-state index contributed by atoms with van der Waals surface area (Å²) in [6.45, 7) is 5.01. The summed E-state index contributed by atoms with van der Waals surface area (Å²) in [4.78, 5) is 14.9. The molecular formula is C16H22N2O. The number of hydrogen-bond acceptors (Lipinski definition) is 2. The van der Waals surface area contributed by atoms with Crippen molar-refractivity contribution in [3.8, 4) is 0 Å². The molecule has 3 nitrogen and oxygen atoms in total. The maximum Gasteiger partial charge on any atom is 0.230 e. The summed E-state index contributed by atoms with van der Waals surface area (Å²) in [6.07, 6.45) is 3.18. The third-order valence-electron chi connectivity index (χ3n) is 4.77. The van der Waals surface area contributed by atoms with Crippen molar-refractivity contribution < 1.29 is 4.79 Å². The Morgan fingerprint density at radius 2 is 1.95 bits per heavy atom. The molecule has 0 unspecified atom stereocenters. The Hall–Kier alpha value is -1.35. The van der Waals surface area contributed by atoms with Crippen LogP contribution in [0.3, 0.4) is 0 Å². The lowest BCUT2D eigenvalue weighted by Gasteiger charge is -2.41. The summed E-state index contributed by atoms with van der Waals surface area (Å²) in [5.74, 6) is 0.398. The number of carbonyl (C=O) groups is 1. The third-order valence-corrected chi connectivity index (χ3v) is 4.77. The minimum Gasteiger partial charge on any atom is -0.337 e. The Bertz CT molecular complexity index is 451. The van der Waals surface area contributed by atoms with E-state index < -0.39 is 0 Å². The van der Waals surface area contributed by atoms with Crippen LogP contribution in [-0.2, 0) is 4.79 Å². The van der Waals surface area contributed by atoms with Gasteiger partial charge >= 0.3 is 0 Å². The molecule has 1 N–H and O–H groups in total. The second-order valence-electron chi connectivity index (χ2n) is 5.72. The number of carbonyl (C=O) groups excluding carboxylic acids is 1. The van der Waals surface area contributed by atoms with Gasteiger partial charge in [0, 0.05) is 12.1 Å². The fourth-order valence-electron chi connectivity index (χ4n) is 3.80. The van der Waals surface area contributed by atoms with E-state index in [4.69, 9.17) is 0 Å². The Kier molecular flexibility index (Phi) is 3.31. The molecule has 2 fully saturated rings. The molecule has 0 aromatic heterocycles. The molecule has 1 aromatic rings. The smallest absolute Gasteiger partial charge is 0.230 e. The van der Waals surface area contributed by atoms with Crippen LogP contribution in [-0.4, -0.2) is 36.0 Å². The topological polar surface area (TPSA) is 32.3 Å². The van der Waals surface area contributed by atoms with Crippen LogP contribution in [0, 0.1) is 0 Å². The van der Waals surface area contributed by atoms with Gasteiger partial charge in [0.15, 0.2) is 0 Å². The molecule has 2 saturated heterocycles. The third kappa shape index (κ3) is 2.06. The molecule has 3 rings (SSSR count). The first-order valence-corrected chi connectivity index (χ1v) is 7.34. The number of benzene rings is 1. The van der Waals surface area contributed by atoms with Crippen LogP contribution < -0.4 is 5.32 Å². The second-order valence-corrected chi connectivity index (χ2v) is 5.72. The molecule has 2 aliphatic rings. The highest BCUT2D eigenvalue weighted by Gasteiger charge is 2.50. The average molecular weight is 258 g/mol. The van der Waals surface area contributed by atoms with E-state index in [0.717, 1.165) is 38.9 Å². The predicted octanol–water partition coefficient (Wildman–Crippen LogP) is 2.14. The quantitative estimate of drug-likeness (QED) is 0.881. The zero-order valence-electron chi connectivity index (χ0n) is 11.6. The minimum atomic E-state index is 0.0687. The highest BCUT2D eigenvalue weighted by atomic mass is 16.2. The van der Waals surface area contributed by atoms with Gasteiger partial charge in [-0.05, 0) is 44.8 Å². The summed E-state index contributed by atoms with van der Waals surface area (Å²) in [6, 6.07) is 10.3. The Balaban J connectivity index is 1.91. The van der Waals surface area contributed by atoms with Crippen molar-refractivity contribution in [1.82, 2.24) is 10.2 Å². The molecule has 0 saturated carbocycles. The van der Waals surface area contributed by atoms with E-state index in [1.165, 1.54) is 5.56 Å². The van der Waals surface area contributed by atoms with Gasteiger partial charge in [0.2, 0.25) is 5.91 Å². The van der Waals surface area contributed by atoms with Crippen LogP contribution in [0.1, 0.15) is 37.7 Å². The minimum absolute atomic E-state index is 0.0687. The molecule has 0 radical (unpaired) electrons. The van der Waals surface area contributed by atoms with Crippen molar-refractivity contribution >= 4 is 5.91 Å². The van der Waals surface area contributed by atoms with E-state index in [0.29, 0.717) is 5.91 Å². The van der Waals surface area contributed by atoms with E-state index in [1.807, 2.05) is 18.2 Å². The van der Waals surface area contributed by atoms with Gasteiger partial charge in [0.25, 0.3) is 0 Å². The van der Waals surface area contributed by atoms with Gasteiger partial charge in [-0.1, -0.05) is 30.3 Å². The summed E-state index contributed by atoms with van der Waals surface area (Å²) in [7, 11) is 0. The first-order chi connectivity index (χ1) is 9.27. The van der Waals surface area contributed by atoms with Gasteiger partial charge < -0.3 is 10.2 Å². The number of rotatable bonds is 2. The lowest BCUT2D eigenvalue weighted by atomic mass is 9.82. The maximum absolute atomic E-state index is 12.7. The molecule has 0 bridgehead atoms. The fraction of sp³-hybridized carbons (Fsp3) is 0.562. The van der Waals surface area contributed by atoms with E-state index >= 15 is 0 Å². The Morgan fingerprint density at radius 3 is 2.58 bits per heavy atom. The molecule has 19 heavy (non-hydrogen) atoms. The van der Waals surface area contributed by atoms with Crippen molar-refractivity contribution in [2.24, 2.45) is 0 Å². The first-order valence-electron chi connectivity index (χ1n) is 7.34. The van der Waals surface area contributed by atoms with Gasteiger partial charge in [-0.15, -0.1) is 0 Å². The van der Waals surface area contributed by atoms with Crippen LogP contribution in [0.25, 0.3) is 0 Å². The van der Waals surface area contributed by atoms with Gasteiger partial charge in [0.05, 0.1) is 5.92 Å². The number of nitrogens with one attached hydrogen (secondary N) is 1. The summed E-state index contributed by atoms with van der Waals surface area (Å²) < 4.78 is 0. The predicted molar refractivity (Wildman–Crippen MR) is 76.0 cm³/mol. The van der Waals surface area contributed by atoms with Crippen LogP contribution in [0.15, 0.2) is 30.3 Å². The largest absolute Gasteiger partial charge is 0.337 e. The Morgan fingerprint density at radius 1 is 1.26 bits per heavy atom. The van der Waals surface area contributed by atoms with E-state index in [1.54, 1.807) is 0 Å². The number of piperidine rings is 1. The SMILES string of the molecule is CCN1C(=O)[C@H](c2ccccc2)CC12CCNCC2. The zero-order chi connectivity index (χ0) is 13.3. The average Bonchev–Trinajstić information content (AvgIpc) is 2.73. The molecule has 2 heterocycles. The fourth-order valence-corrected chi connectivity index (χ4v) is 3.80. The molecule has 2 aliphatic heterocycles. The normalized spacial score (nSPS) is 26.1. The lowest BCUT2D eigenvalue weighted by Crippen LogP contribution is -2.52. The molecule has 1 spiro atoms. The van der Waals surface area contributed by atoms with Crippen molar-refractivity contribution in [3.05, 3.63) is 35.9 Å². The highest BCUT2D eigenvalue weighted by Crippen LogP contribution is 2.44. The van der Waals surface area contributed by atoms with Gasteiger partial charge in [-0.2, -0.15) is 0 Å². The van der Waals surface area contributed by atoms with Crippen molar-refractivity contribution in [3.63, 3.8) is 0 Å². The zero-order valence-corrected chi connectivity index (χ0v) is 11.6. The summed E-state index contributed by atoms with van der Waals surface area (Å²) in [5.41, 5.74) is 1.29. The molecule has 3 heteroatoms. The van der Waals surface area contributed by atoms with Crippen LogP contribution >= 0.6 is 0 Å². The molecule has 1 amide bonds. The van der Waals surface area contributed by atoms with Crippen LogP contribution in [0.4, 0.5) is 0 Å². The molecule has 102 valence electrons. The monoisotopic (exact) mass is 258 g/mol. The van der Waals surface area contributed by atoms with Crippen LogP contribution in [0.5, 0.6) is 0 Å². The van der Waals surface area contributed by atoms with Crippen LogP contribution in [0.2, 0.25) is 0 Å². The number of nitrogens with zero attached hydrogens (tertiary/aromatic N) is 1. The molecule has 0 aliphatic carbocycles. The summed E-state index contributed by atoms with van der Waals surface area (Å²) in [5, 5.41) is 3.41.